The number of carbonyl (C=O) groups excluding carboxylic acids is 1. The summed E-state index contributed by atoms with van der Waals surface area (Å²) in [5.74, 6) is 0.385. The Balaban J connectivity index is 1.54. The molecule has 1 amide bonds. The molecule has 0 unspecified atom stereocenters. The fourth-order valence-electron chi connectivity index (χ4n) is 3.53. The van der Waals surface area contributed by atoms with Crippen molar-refractivity contribution in [3.63, 3.8) is 0 Å². The lowest BCUT2D eigenvalue weighted by atomic mass is 10.2. The number of benzene rings is 2. The Labute approximate surface area is 185 Å². The molecular formula is C24H26N4O2S. The summed E-state index contributed by atoms with van der Waals surface area (Å²) in [6.07, 6.45) is 1.56. The van der Waals surface area contributed by atoms with E-state index < -0.39 is 0 Å². The molecule has 31 heavy (non-hydrogen) atoms. The molecule has 160 valence electrons. The van der Waals surface area contributed by atoms with Crippen molar-refractivity contribution in [3.05, 3.63) is 75.7 Å². The molecule has 0 fully saturated rings. The van der Waals surface area contributed by atoms with Gasteiger partial charge in [0.1, 0.15) is 4.88 Å². The van der Waals surface area contributed by atoms with Gasteiger partial charge in [0.15, 0.2) is 0 Å². The largest absolute Gasteiger partial charge is 0.382 e. The summed E-state index contributed by atoms with van der Waals surface area (Å²) in [6.45, 7) is 5.96. The number of nitrogens with zero attached hydrogens (tertiary/aromatic N) is 3. The van der Waals surface area contributed by atoms with Crippen LogP contribution in [0.5, 0.6) is 0 Å². The standard InChI is InChI=1S/C24H26N4O2S/c1-3-30-15-9-14-28-20-13-8-7-12-19(20)26-24(28)27-23(29)22-17(2)25-21(31-22)16-18-10-5-4-6-11-18/h4-8,10-13H,3,9,14-16H2,1-2H3,(H,26,27,29). The second-order valence-electron chi connectivity index (χ2n) is 7.26. The number of aromatic nitrogens is 3. The van der Waals surface area contributed by atoms with E-state index in [9.17, 15) is 4.79 Å². The van der Waals surface area contributed by atoms with Crippen LogP contribution in [-0.4, -0.2) is 33.7 Å². The normalized spacial score (nSPS) is 11.2. The minimum Gasteiger partial charge on any atom is -0.382 e. The molecule has 4 rings (SSSR count). The summed E-state index contributed by atoms with van der Waals surface area (Å²) in [6, 6.07) is 18.1. The Kier molecular flexibility index (Phi) is 6.74. The zero-order valence-corrected chi connectivity index (χ0v) is 18.6. The van der Waals surface area contributed by atoms with Gasteiger partial charge >= 0.3 is 0 Å². The van der Waals surface area contributed by atoms with Gasteiger partial charge in [0, 0.05) is 26.2 Å². The number of ether oxygens (including phenoxy) is 1. The van der Waals surface area contributed by atoms with Crippen LogP contribution in [0.2, 0.25) is 0 Å². The summed E-state index contributed by atoms with van der Waals surface area (Å²) >= 11 is 1.44. The zero-order valence-electron chi connectivity index (χ0n) is 17.8. The summed E-state index contributed by atoms with van der Waals surface area (Å²) in [5.41, 5.74) is 3.78. The summed E-state index contributed by atoms with van der Waals surface area (Å²) < 4.78 is 7.52. The van der Waals surface area contributed by atoms with Crippen molar-refractivity contribution in [1.82, 2.24) is 14.5 Å². The number of hydrogen-bond donors (Lipinski definition) is 1. The van der Waals surface area contributed by atoms with E-state index in [2.05, 4.69) is 27.4 Å². The third-order valence-electron chi connectivity index (χ3n) is 5.00. The first kappa shape index (κ1) is 21.2. The van der Waals surface area contributed by atoms with Gasteiger partial charge in [-0.1, -0.05) is 42.5 Å². The molecular weight excluding hydrogens is 408 g/mol. The van der Waals surface area contributed by atoms with Crippen molar-refractivity contribution in [2.45, 2.75) is 33.2 Å². The Morgan fingerprint density at radius 3 is 2.68 bits per heavy atom. The second-order valence-corrected chi connectivity index (χ2v) is 8.35. The van der Waals surface area contributed by atoms with E-state index in [0.29, 0.717) is 24.0 Å². The first-order chi connectivity index (χ1) is 15.2. The van der Waals surface area contributed by atoms with Crippen LogP contribution in [-0.2, 0) is 17.7 Å². The number of thiazole rings is 1. The van der Waals surface area contributed by atoms with Crippen LogP contribution in [0, 0.1) is 6.92 Å². The quantitative estimate of drug-likeness (QED) is 0.373. The van der Waals surface area contributed by atoms with Crippen molar-refractivity contribution in [1.29, 1.82) is 0 Å². The predicted octanol–water partition coefficient (Wildman–Crippen LogP) is 5.07. The van der Waals surface area contributed by atoms with E-state index >= 15 is 0 Å². The van der Waals surface area contributed by atoms with Gasteiger partial charge in [-0.25, -0.2) is 9.97 Å². The number of para-hydroxylation sites is 2. The fraction of sp³-hybridized carbons (Fsp3) is 0.292. The highest BCUT2D eigenvalue weighted by molar-refractivity contribution is 7.14. The lowest BCUT2D eigenvalue weighted by molar-refractivity contribution is 0.102. The monoisotopic (exact) mass is 434 g/mol. The number of aryl methyl sites for hydroxylation is 2. The van der Waals surface area contributed by atoms with Crippen LogP contribution in [0.1, 0.15) is 39.3 Å². The van der Waals surface area contributed by atoms with Gasteiger partial charge in [0.05, 0.1) is 21.7 Å². The molecule has 4 aromatic rings. The summed E-state index contributed by atoms with van der Waals surface area (Å²) in [5, 5.41) is 3.95. The molecule has 0 radical (unpaired) electrons. The highest BCUT2D eigenvalue weighted by atomic mass is 32.1. The van der Waals surface area contributed by atoms with Crippen molar-refractivity contribution in [2.24, 2.45) is 0 Å². The Morgan fingerprint density at radius 1 is 1.10 bits per heavy atom. The van der Waals surface area contributed by atoms with Gasteiger partial charge in [-0.05, 0) is 38.0 Å². The third kappa shape index (κ3) is 5.00. The molecule has 0 aliphatic rings. The van der Waals surface area contributed by atoms with Crippen LogP contribution in [0.3, 0.4) is 0 Å². The van der Waals surface area contributed by atoms with Gasteiger partial charge < -0.3 is 9.30 Å². The molecule has 7 heteroatoms. The van der Waals surface area contributed by atoms with Crippen molar-refractivity contribution < 1.29 is 9.53 Å². The molecule has 2 aromatic heterocycles. The molecule has 0 spiro atoms. The van der Waals surface area contributed by atoms with Gasteiger partial charge in [-0.3, -0.25) is 10.1 Å². The zero-order chi connectivity index (χ0) is 21.6. The Bertz CT molecular complexity index is 1170. The molecule has 6 nitrogen and oxygen atoms in total. The summed E-state index contributed by atoms with van der Waals surface area (Å²) in [7, 11) is 0. The maximum atomic E-state index is 13.1. The van der Waals surface area contributed by atoms with Gasteiger partial charge in [0.2, 0.25) is 5.95 Å². The van der Waals surface area contributed by atoms with E-state index in [1.807, 2.05) is 60.9 Å². The van der Waals surface area contributed by atoms with Crippen LogP contribution < -0.4 is 5.32 Å². The number of nitrogens with one attached hydrogen (secondary N) is 1. The van der Waals surface area contributed by atoms with E-state index in [0.717, 1.165) is 41.1 Å². The van der Waals surface area contributed by atoms with Crippen LogP contribution in [0.4, 0.5) is 5.95 Å². The maximum absolute atomic E-state index is 13.1. The second kappa shape index (κ2) is 9.85. The van der Waals surface area contributed by atoms with E-state index in [1.54, 1.807) is 0 Å². The van der Waals surface area contributed by atoms with Crippen LogP contribution >= 0.6 is 11.3 Å². The predicted molar refractivity (Wildman–Crippen MR) is 125 cm³/mol. The first-order valence-electron chi connectivity index (χ1n) is 10.5. The average molecular weight is 435 g/mol. The number of fused-ring (bicyclic) bond motifs is 1. The molecule has 2 heterocycles. The topological polar surface area (TPSA) is 69.0 Å². The molecule has 0 aliphatic heterocycles. The van der Waals surface area contributed by atoms with Gasteiger partial charge in [-0.2, -0.15) is 0 Å². The maximum Gasteiger partial charge on any atom is 0.269 e. The number of anilines is 1. The molecule has 2 aromatic carbocycles. The highest BCUT2D eigenvalue weighted by Gasteiger charge is 2.19. The Morgan fingerprint density at radius 2 is 1.87 bits per heavy atom. The first-order valence-corrected chi connectivity index (χ1v) is 11.3. The minimum absolute atomic E-state index is 0.171. The SMILES string of the molecule is CCOCCCn1c(NC(=O)c2sc(Cc3ccccc3)nc2C)nc2ccccc21. The molecule has 0 atom stereocenters. The number of imidazole rings is 1. The molecule has 0 bridgehead atoms. The lowest BCUT2D eigenvalue weighted by Crippen LogP contribution is -2.16. The van der Waals surface area contributed by atoms with Crippen molar-refractivity contribution >= 4 is 34.2 Å². The number of amides is 1. The van der Waals surface area contributed by atoms with Gasteiger partial charge in [-0.15, -0.1) is 11.3 Å². The molecule has 1 N–H and O–H groups in total. The smallest absolute Gasteiger partial charge is 0.269 e. The number of carbonyl (C=O) groups is 1. The van der Waals surface area contributed by atoms with E-state index in [-0.39, 0.29) is 5.91 Å². The van der Waals surface area contributed by atoms with Crippen LogP contribution in [0.25, 0.3) is 11.0 Å². The van der Waals surface area contributed by atoms with Crippen LogP contribution in [0.15, 0.2) is 54.6 Å². The highest BCUT2D eigenvalue weighted by Crippen LogP contribution is 2.24. The van der Waals surface area contributed by atoms with Crippen molar-refractivity contribution in [3.8, 4) is 0 Å². The third-order valence-corrected chi connectivity index (χ3v) is 6.16. The van der Waals surface area contributed by atoms with Crippen molar-refractivity contribution in [2.75, 3.05) is 18.5 Å². The number of hydrogen-bond acceptors (Lipinski definition) is 5. The summed E-state index contributed by atoms with van der Waals surface area (Å²) in [4.78, 5) is 23.0. The molecule has 0 aliphatic carbocycles. The molecule has 0 saturated heterocycles. The van der Waals surface area contributed by atoms with E-state index in [4.69, 9.17) is 4.74 Å². The van der Waals surface area contributed by atoms with Gasteiger partial charge in [0.25, 0.3) is 5.91 Å². The fourth-order valence-corrected chi connectivity index (χ4v) is 4.53. The molecule has 0 saturated carbocycles. The average Bonchev–Trinajstić information content (AvgIpc) is 3.31. The lowest BCUT2D eigenvalue weighted by Gasteiger charge is -2.10. The van der Waals surface area contributed by atoms with E-state index in [1.165, 1.54) is 16.9 Å². The Hall–Kier alpha value is -3.03. The number of rotatable bonds is 9. The minimum atomic E-state index is -0.171.